The van der Waals surface area contributed by atoms with Gasteiger partial charge in [0.2, 0.25) is 0 Å². The number of carbonyl (C=O) groups is 4. The molecule has 2 aromatic carbocycles. The molecule has 12 nitrogen and oxygen atoms in total. The van der Waals surface area contributed by atoms with Gasteiger partial charge in [-0.15, -0.1) is 0 Å². The molecule has 0 amide bonds. The second-order valence-electron chi connectivity index (χ2n) is 11.1. The van der Waals surface area contributed by atoms with Crippen molar-refractivity contribution in [3.8, 4) is 23.0 Å². The van der Waals surface area contributed by atoms with Crippen LogP contribution in [0.25, 0.3) is 0 Å². The molecule has 47 heavy (non-hydrogen) atoms. The summed E-state index contributed by atoms with van der Waals surface area (Å²) in [5.41, 5.74) is 5.91. The van der Waals surface area contributed by atoms with Gasteiger partial charge in [0.25, 0.3) is 0 Å². The summed E-state index contributed by atoms with van der Waals surface area (Å²) in [6.07, 6.45) is 4.92. The van der Waals surface area contributed by atoms with E-state index in [0.717, 1.165) is 22.3 Å². The Kier molecular flexibility index (Phi) is 14.0. The predicted molar refractivity (Wildman–Crippen MR) is 160 cm³/mol. The maximum atomic E-state index is 11.8. The van der Waals surface area contributed by atoms with Crippen molar-refractivity contribution in [1.82, 2.24) is 0 Å². The second kappa shape index (κ2) is 17.0. The van der Waals surface area contributed by atoms with Crippen molar-refractivity contribution in [2.24, 2.45) is 0 Å². The zero-order chi connectivity index (χ0) is 34.3. The van der Waals surface area contributed by atoms with Crippen LogP contribution in [0.15, 0.2) is 23.3 Å². The number of carboxylic acids is 2. The van der Waals surface area contributed by atoms with Crippen LogP contribution in [0.5, 0.6) is 23.0 Å². The maximum absolute atomic E-state index is 11.8. The van der Waals surface area contributed by atoms with Crippen LogP contribution >= 0.6 is 0 Å². The quantitative estimate of drug-likeness (QED) is 0.187. The maximum Gasteiger partial charge on any atom is 2.00 e. The molecule has 2 N–H and O–H groups in total. The van der Waals surface area contributed by atoms with Crippen molar-refractivity contribution >= 4 is 23.9 Å². The van der Waals surface area contributed by atoms with Gasteiger partial charge in [-0.2, -0.15) is 0 Å². The molecular weight excluding hydrogens is 666 g/mol. The molecule has 248 valence electrons. The van der Waals surface area contributed by atoms with Gasteiger partial charge in [-0.3, -0.25) is 0 Å². The van der Waals surface area contributed by atoms with Crippen molar-refractivity contribution in [3.63, 3.8) is 0 Å². The average Bonchev–Trinajstić information content (AvgIpc) is 3.60. The number of aromatic hydroxyl groups is 2. The van der Waals surface area contributed by atoms with Crippen molar-refractivity contribution < 1.29 is 78.0 Å². The summed E-state index contributed by atoms with van der Waals surface area (Å²) in [6.45, 7) is 7.50. The number of fused-ring (bicyclic) bond motifs is 2. The number of phenolic OH excluding ortho intramolecular Hbond substituents is 2. The molecular formula is C34H38O12Zn. The van der Waals surface area contributed by atoms with Gasteiger partial charge in [0.15, 0.2) is 0 Å². The van der Waals surface area contributed by atoms with Crippen LogP contribution < -0.4 is 19.7 Å². The molecule has 0 spiro atoms. The van der Waals surface area contributed by atoms with Gasteiger partial charge in [-0.1, -0.05) is 23.3 Å². The number of cyclic esters (lactones) is 2. The summed E-state index contributed by atoms with van der Waals surface area (Å²) in [5.74, 6) is -2.51. The Morgan fingerprint density at radius 3 is 1.36 bits per heavy atom. The van der Waals surface area contributed by atoms with Crippen molar-refractivity contribution in [1.29, 1.82) is 0 Å². The molecule has 4 rings (SSSR count). The molecule has 0 aliphatic carbocycles. The Bertz CT molecular complexity index is 1500. The molecule has 0 saturated heterocycles. The van der Waals surface area contributed by atoms with Crippen LogP contribution in [0.2, 0.25) is 0 Å². The summed E-state index contributed by atoms with van der Waals surface area (Å²) in [5, 5.41) is 41.8. The number of allylic oxidation sites excluding steroid dienone is 4. The minimum absolute atomic E-state index is 0. The third-order valence-electron chi connectivity index (χ3n) is 8.05. The van der Waals surface area contributed by atoms with Gasteiger partial charge >= 0.3 is 31.4 Å². The minimum atomic E-state index is -1.10. The first-order valence-electron chi connectivity index (χ1n) is 14.6. The fourth-order valence-electron chi connectivity index (χ4n) is 5.41. The van der Waals surface area contributed by atoms with Crippen molar-refractivity contribution in [2.75, 3.05) is 14.2 Å². The van der Waals surface area contributed by atoms with E-state index in [1.807, 2.05) is 26.0 Å². The van der Waals surface area contributed by atoms with Crippen LogP contribution in [0.1, 0.15) is 93.6 Å². The number of esters is 2. The third kappa shape index (κ3) is 8.91. The van der Waals surface area contributed by atoms with E-state index >= 15 is 0 Å². The van der Waals surface area contributed by atoms with Crippen LogP contribution in [0.4, 0.5) is 0 Å². The smallest absolute Gasteiger partial charge is 0.550 e. The minimum Gasteiger partial charge on any atom is -0.550 e. The standard InChI is InChI=1S/2C17H20O6.Zn/c2*1-9(5-7-13(18)19)4-6-11-15(20)14-12(8-23-17(14)21)10(2)16(11)22-3;/h2*4,20H,5-8H2,1-3H3,(H,18,19);/q;;+2/p-2/b2*9-4+;. The Labute approximate surface area is 285 Å². The first-order valence-corrected chi connectivity index (χ1v) is 14.6. The molecule has 2 heterocycles. The molecule has 2 aliphatic heterocycles. The molecule has 0 unspecified atom stereocenters. The van der Waals surface area contributed by atoms with Gasteiger partial charge in [0.1, 0.15) is 47.3 Å². The molecule has 0 bridgehead atoms. The Balaban J connectivity index is 0.000000320. The number of carbonyl (C=O) groups excluding carboxylic acids is 4. The summed E-state index contributed by atoms with van der Waals surface area (Å²) in [4.78, 5) is 44.6. The normalized spacial score (nSPS) is 13.4. The summed E-state index contributed by atoms with van der Waals surface area (Å²) >= 11 is 0. The SMILES string of the molecule is COc1c(C)c2c(c(O)c1C/C=C(\C)CCC(=O)[O-])C(=O)OC2.COc1c(C)c2c(c(O)c1C/C=C(\C)CCC(=O)[O-])C(=O)OC2.[Zn+2]. The van der Waals surface area contributed by atoms with E-state index in [1.54, 1.807) is 13.8 Å². The van der Waals surface area contributed by atoms with E-state index < -0.39 is 23.9 Å². The molecule has 0 radical (unpaired) electrons. The average molecular weight is 704 g/mol. The molecule has 0 fully saturated rings. The fraction of sp³-hybridized carbons (Fsp3) is 0.412. The number of aliphatic carboxylic acids is 2. The molecule has 2 aromatic rings. The number of ether oxygens (including phenoxy) is 4. The van der Waals surface area contributed by atoms with Crippen LogP contribution in [0, 0.1) is 13.8 Å². The van der Waals surface area contributed by atoms with Gasteiger partial charge in [0.05, 0.1) is 14.2 Å². The third-order valence-corrected chi connectivity index (χ3v) is 8.05. The molecule has 0 saturated carbocycles. The Morgan fingerprint density at radius 2 is 1.06 bits per heavy atom. The van der Waals surface area contributed by atoms with E-state index in [2.05, 4.69) is 0 Å². The number of phenols is 2. The molecule has 0 aromatic heterocycles. The van der Waals surface area contributed by atoms with E-state index in [1.165, 1.54) is 14.2 Å². The van der Waals surface area contributed by atoms with Gasteiger partial charge in [0, 0.05) is 34.2 Å². The number of methoxy groups -OCH3 is 2. The van der Waals surface area contributed by atoms with Gasteiger partial charge < -0.3 is 49.0 Å². The van der Waals surface area contributed by atoms with Crippen LogP contribution in [-0.4, -0.2) is 48.3 Å². The summed E-state index contributed by atoms with van der Waals surface area (Å²) in [7, 11) is 3.00. The molecule has 13 heteroatoms. The van der Waals surface area contributed by atoms with Gasteiger partial charge in [-0.25, -0.2) is 9.59 Å². The topological polar surface area (TPSA) is 192 Å². The predicted octanol–water partition coefficient (Wildman–Crippen LogP) is 2.79. The first kappa shape index (κ1) is 38.8. The monoisotopic (exact) mass is 702 g/mol. The van der Waals surface area contributed by atoms with Crippen molar-refractivity contribution in [2.45, 2.75) is 79.4 Å². The van der Waals surface area contributed by atoms with E-state index in [-0.39, 0.29) is 68.2 Å². The number of benzene rings is 2. The first-order chi connectivity index (χ1) is 21.7. The van der Waals surface area contributed by atoms with Crippen molar-refractivity contribution in [3.05, 3.63) is 67.8 Å². The largest absolute Gasteiger partial charge is 2.00 e. The number of hydrogen-bond donors (Lipinski definition) is 2. The fourth-order valence-corrected chi connectivity index (χ4v) is 5.41. The van der Waals surface area contributed by atoms with E-state index in [4.69, 9.17) is 18.9 Å². The zero-order valence-corrected chi connectivity index (χ0v) is 30.5. The molecule has 0 atom stereocenters. The summed E-state index contributed by atoms with van der Waals surface area (Å²) < 4.78 is 20.8. The molecule has 2 aliphatic rings. The van der Waals surface area contributed by atoms with Gasteiger partial charge in [-0.05, 0) is 77.3 Å². The number of rotatable bonds is 12. The zero-order valence-electron chi connectivity index (χ0n) is 27.5. The summed E-state index contributed by atoms with van der Waals surface area (Å²) in [6, 6.07) is 0. The Morgan fingerprint density at radius 1 is 0.723 bits per heavy atom. The number of carboxylic acid groups (broad SMARTS) is 2. The van der Waals surface area contributed by atoms with E-state index in [9.17, 15) is 39.6 Å². The number of hydrogen-bond acceptors (Lipinski definition) is 12. The van der Waals surface area contributed by atoms with Crippen LogP contribution in [0.3, 0.4) is 0 Å². The Hall–Kier alpha value is -4.38. The van der Waals surface area contributed by atoms with E-state index in [0.29, 0.717) is 59.4 Å². The van der Waals surface area contributed by atoms with Crippen LogP contribution in [-0.2, 0) is 64.6 Å². The second-order valence-corrected chi connectivity index (χ2v) is 11.1.